The molecular formula is C17H14F3N3O2S. The van der Waals surface area contributed by atoms with Gasteiger partial charge in [0.15, 0.2) is 5.69 Å². The van der Waals surface area contributed by atoms with Crippen molar-refractivity contribution >= 4 is 10.0 Å². The SMILES string of the molecule is Cc1cccc(-c2ccccc2-n2ccc(C(F)(F)F)n2)c1S(N)(=O)=O. The Balaban J connectivity index is 2.25. The van der Waals surface area contributed by atoms with Crippen LogP contribution >= 0.6 is 0 Å². The number of para-hydroxylation sites is 1. The Kier molecular flexibility index (Phi) is 4.37. The molecule has 5 nitrogen and oxygen atoms in total. The number of nitrogens with two attached hydrogens (primary N) is 1. The molecule has 0 aliphatic heterocycles. The zero-order chi connectivity index (χ0) is 19.1. The van der Waals surface area contributed by atoms with Crippen LogP contribution in [0.3, 0.4) is 0 Å². The molecule has 0 saturated carbocycles. The number of rotatable bonds is 3. The first-order valence-electron chi connectivity index (χ1n) is 7.44. The number of hydrogen-bond donors (Lipinski definition) is 1. The molecule has 0 amide bonds. The molecule has 136 valence electrons. The van der Waals surface area contributed by atoms with E-state index in [0.29, 0.717) is 22.4 Å². The normalized spacial score (nSPS) is 12.3. The fourth-order valence-electron chi connectivity index (χ4n) is 2.75. The van der Waals surface area contributed by atoms with Crippen LogP contribution in [0.5, 0.6) is 0 Å². The Bertz CT molecular complexity index is 1070. The fourth-order valence-corrected chi connectivity index (χ4v) is 3.75. The van der Waals surface area contributed by atoms with Gasteiger partial charge in [0.2, 0.25) is 10.0 Å². The molecule has 0 fully saturated rings. The summed E-state index contributed by atoms with van der Waals surface area (Å²) in [5.74, 6) is 0. The van der Waals surface area contributed by atoms with Gasteiger partial charge in [0, 0.05) is 17.3 Å². The van der Waals surface area contributed by atoms with Crippen LogP contribution in [0.2, 0.25) is 0 Å². The molecule has 2 N–H and O–H groups in total. The Morgan fingerprint density at radius 3 is 2.27 bits per heavy atom. The predicted octanol–water partition coefficient (Wildman–Crippen LogP) is 3.51. The van der Waals surface area contributed by atoms with Crippen LogP contribution in [-0.2, 0) is 16.2 Å². The van der Waals surface area contributed by atoms with Gasteiger partial charge in [-0.25, -0.2) is 18.2 Å². The first-order chi connectivity index (χ1) is 12.1. The summed E-state index contributed by atoms with van der Waals surface area (Å²) >= 11 is 0. The van der Waals surface area contributed by atoms with E-state index in [4.69, 9.17) is 5.14 Å². The van der Waals surface area contributed by atoms with Crippen molar-refractivity contribution in [1.82, 2.24) is 9.78 Å². The molecule has 0 atom stereocenters. The quantitative estimate of drug-likeness (QED) is 0.754. The summed E-state index contributed by atoms with van der Waals surface area (Å²) in [4.78, 5) is -0.0735. The zero-order valence-corrected chi connectivity index (χ0v) is 14.3. The lowest BCUT2D eigenvalue weighted by Gasteiger charge is -2.14. The van der Waals surface area contributed by atoms with E-state index in [0.717, 1.165) is 10.7 Å². The van der Waals surface area contributed by atoms with Gasteiger partial charge in [0.1, 0.15) is 0 Å². The number of halogens is 3. The van der Waals surface area contributed by atoms with Gasteiger partial charge in [-0.1, -0.05) is 36.4 Å². The minimum atomic E-state index is -4.57. The van der Waals surface area contributed by atoms with E-state index >= 15 is 0 Å². The van der Waals surface area contributed by atoms with Crippen molar-refractivity contribution in [3.8, 4) is 16.8 Å². The lowest BCUT2D eigenvalue weighted by molar-refractivity contribution is -0.141. The first kappa shape index (κ1) is 18.2. The third-order valence-corrected chi connectivity index (χ3v) is 4.93. The number of nitrogens with zero attached hydrogens (tertiary/aromatic N) is 2. The molecule has 0 spiro atoms. The van der Waals surface area contributed by atoms with E-state index in [-0.39, 0.29) is 4.90 Å². The number of aromatic nitrogens is 2. The van der Waals surface area contributed by atoms with Crippen molar-refractivity contribution in [2.45, 2.75) is 18.0 Å². The van der Waals surface area contributed by atoms with Gasteiger partial charge >= 0.3 is 6.18 Å². The van der Waals surface area contributed by atoms with E-state index in [1.54, 1.807) is 49.4 Å². The van der Waals surface area contributed by atoms with Crippen LogP contribution in [0.25, 0.3) is 16.8 Å². The van der Waals surface area contributed by atoms with E-state index in [1.165, 1.54) is 6.20 Å². The number of alkyl halides is 3. The van der Waals surface area contributed by atoms with Gasteiger partial charge in [0.05, 0.1) is 10.6 Å². The Morgan fingerprint density at radius 2 is 1.65 bits per heavy atom. The summed E-state index contributed by atoms with van der Waals surface area (Å²) in [6.07, 6.45) is -3.40. The maximum Gasteiger partial charge on any atom is 0.435 e. The van der Waals surface area contributed by atoms with E-state index < -0.39 is 21.9 Å². The number of hydrogen-bond acceptors (Lipinski definition) is 3. The molecular weight excluding hydrogens is 367 g/mol. The van der Waals surface area contributed by atoms with E-state index in [1.807, 2.05) is 0 Å². The highest BCUT2D eigenvalue weighted by Gasteiger charge is 2.33. The molecule has 3 aromatic rings. The molecule has 0 radical (unpaired) electrons. The van der Waals surface area contributed by atoms with Gasteiger partial charge in [-0.05, 0) is 24.6 Å². The van der Waals surface area contributed by atoms with Crippen LogP contribution in [0, 0.1) is 6.92 Å². The summed E-state index contributed by atoms with van der Waals surface area (Å²) in [6.45, 7) is 1.60. The van der Waals surface area contributed by atoms with Gasteiger partial charge in [0.25, 0.3) is 0 Å². The molecule has 0 aliphatic carbocycles. The lowest BCUT2D eigenvalue weighted by Crippen LogP contribution is -2.15. The van der Waals surface area contributed by atoms with Crippen LogP contribution in [0.1, 0.15) is 11.3 Å². The number of sulfonamides is 1. The third-order valence-electron chi connectivity index (χ3n) is 3.82. The maximum atomic E-state index is 12.8. The highest BCUT2D eigenvalue weighted by atomic mass is 32.2. The van der Waals surface area contributed by atoms with Crippen molar-refractivity contribution < 1.29 is 21.6 Å². The monoisotopic (exact) mass is 381 g/mol. The summed E-state index contributed by atoms with van der Waals surface area (Å²) in [5.41, 5.74) is 0.405. The molecule has 9 heteroatoms. The Hall–Kier alpha value is -2.65. The molecule has 0 aliphatic rings. The third kappa shape index (κ3) is 3.35. The standard InChI is InChI=1S/C17H14F3N3O2S/c1-11-5-4-7-13(16(11)26(21,24)25)12-6-2-3-8-14(12)23-10-9-15(22-23)17(18,19)20/h2-10H,1H3,(H2,21,24,25). The molecule has 2 aromatic carbocycles. The largest absolute Gasteiger partial charge is 0.435 e. The molecule has 0 saturated heterocycles. The molecule has 3 rings (SSSR count). The summed E-state index contributed by atoms with van der Waals surface area (Å²) in [5, 5.41) is 8.91. The second-order valence-corrected chi connectivity index (χ2v) is 7.16. The van der Waals surface area contributed by atoms with E-state index in [2.05, 4.69) is 5.10 Å². The van der Waals surface area contributed by atoms with Crippen LogP contribution in [0.4, 0.5) is 13.2 Å². The minimum Gasteiger partial charge on any atom is -0.240 e. The molecule has 0 unspecified atom stereocenters. The first-order valence-corrected chi connectivity index (χ1v) is 8.99. The summed E-state index contributed by atoms with van der Waals surface area (Å²) < 4.78 is 63.7. The predicted molar refractivity (Wildman–Crippen MR) is 90.1 cm³/mol. The molecule has 26 heavy (non-hydrogen) atoms. The fraction of sp³-hybridized carbons (Fsp3) is 0.118. The smallest absolute Gasteiger partial charge is 0.240 e. The minimum absolute atomic E-state index is 0.0735. The second kappa shape index (κ2) is 6.26. The van der Waals surface area contributed by atoms with Crippen molar-refractivity contribution in [2.75, 3.05) is 0 Å². The second-order valence-electron chi connectivity index (χ2n) is 5.66. The van der Waals surface area contributed by atoms with Gasteiger partial charge in [-0.2, -0.15) is 18.3 Å². The Labute approximate surface area is 147 Å². The van der Waals surface area contributed by atoms with Crippen molar-refractivity contribution in [1.29, 1.82) is 0 Å². The molecule has 1 aromatic heterocycles. The van der Waals surface area contributed by atoms with Crippen LogP contribution in [-0.4, -0.2) is 18.2 Å². The number of benzene rings is 2. The number of primary sulfonamides is 1. The highest BCUT2D eigenvalue weighted by molar-refractivity contribution is 7.89. The summed E-state index contributed by atoms with van der Waals surface area (Å²) in [6, 6.07) is 12.1. The highest BCUT2D eigenvalue weighted by Crippen LogP contribution is 2.34. The molecule has 0 bridgehead atoms. The Morgan fingerprint density at radius 1 is 1.00 bits per heavy atom. The zero-order valence-electron chi connectivity index (χ0n) is 13.5. The average molecular weight is 381 g/mol. The van der Waals surface area contributed by atoms with Gasteiger partial charge in [-0.15, -0.1) is 0 Å². The van der Waals surface area contributed by atoms with E-state index in [9.17, 15) is 21.6 Å². The lowest BCUT2D eigenvalue weighted by atomic mass is 10.0. The maximum absolute atomic E-state index is 12.8. The van der Waals surface area contributed by atoms with Crippen molar-refractivity contribution in [3.05, 3.63) is 66.0 Å². The summed E-state index contributed by atoms with van der Waals surface area (Å²) in [7, 11) is -4.04. The average Bonchev–Trinajstić information content (AvgIpc) is 3.03. The number of aryl methyl sites for hydroxylation is 1. The molecule has 1 heterocycles. The van der Waals surface area contributed by atoms with Gasteiger partial charge < -0.3 is 0 Å². The van der Waals surface area contributed by atoms with Crippen LogP contribution in [0.15, 0.2) is 59.6 Å². The van der Waals surface area contributed by atoms with Crippen molar-refractivity contribution in [2.24, 2.45) is 5.14 Å². The van der Waals surface area contributed by atoms with Crippen LogP contribution < -0.4 is 5.14 Å². The van der Waals surface area contributed by atoms with Crippen molar-refractivity contribution in [3.63, 3.8) is 0 Å². The van der Waals surface area contributed by atoms with Gasteiger partial charge in [-0.3, -0.25) is 0 Å². The topological polar surface area (TPSA) is 78.0 Å².